The normalized spacial score (nSPS) is 12.6. The van der Waals surface area contributed by atoms with Crippen molar-refractivity contribution in [2.45, 2.75) is 96.5 Å². The summed E-state index contributed by atoms with van der Waals surface area (Å²) >= 11 is 11.5. The molecule has 0 aromatic heterocycles. The zero-order valence-electron chi connectivity index (χ0n) is 15.9. The Morgan fingerprint density at radius 2 is 1.21 bits per heavy atom. The van der Waals surface area contributed by atoms with Crippen LogP contribution < -0.4 is 0 Å². The van der Waals surface area contributed by atoms with E-state index in [1.165, 1.54) is 77.0 Å². The van der Waals surface area contributed by atoms with Crippen molar-refractivity contribution in [3.63, 3.8) is 0 Å². The summed E-state index contributed by atoms with van der Waals surface area (Å²) < 4.78 is 11.0. The highest BCUT2D eigenvalue weighted by Gasteiger charge is 2.07. The summed E-state index contributed by atoms with van der Waals surface area (Å²) in [5, 5.41) is 0. The van der Waals surface area contributed by atoms with Crippen LogP contribution in [0.25, 0.3) is 0 Å². The molecule has 0 aliphatic carbocycles. The molecule has 0 aliphatic heterocycles. The summed E-state index contributed by atoms with van der Waals surface area (Å²) in [4.78, 5) is 0. The molecule has 0 unspecified atom stereocenters. The summed E-state index contributed by atoms with van der Waals surface area (Å²) in [6.07, 6.45) is 17.8. The van der Waals surface area contributed by atoms with Gasteiger partial charge in [0.2, 0.25) is 0 Å². The molecule has 24 heavy (non-hydrogen) atoms. The Morgan fingerprint density at radius 3 is 1.71 bits per heavy atom. The Bertz CT molecular complexity index is 228. The van der Waals surface area contributed by atoms with Crippen LogP contribution >= 0.6 is 23.2 Å². The topological polar surface area (TPSA) is 18.5 Å². The maximum absolute atomic E-state index is 5.96. The third kappa shape index (κ3) is 18.8. The summed E-state index contributed by atoms with van der Waals surface area (Å²) in [7, 11) is 0. The summed E-state index contributed by atoms with van der Waals surface area (Å²) in [5.74, 6) is 1.12. The number of halogens is 2. The minimum atomic E-state index is 0.175. The van der Waals surface area contributed by atoms with Crippen LogP contribution in [0.2, 0.25) is 0 Å². The lowest BCUT2D eigenvalue weighted by molar-refractivity contribution is 0.0131. The van der Waals surface area contributed by atoms with Crippen LogP contribution in [0.15, 0.2) is 0 Å². The summed E-state index contributed by atoms with van der Waals surface area (Å²) in [5.41, 5.74) is 0. The molecule has 0 heterocycles. The maximum Gasteiger partial charge on any atom is 0.0711 e. The van der Waals surface area contributed by atoms with Gasteiger partial charge in [0.1, 0.15) is 0 Å². The molecule has 0 saturated heterocycles. The van der Waals surface area contributed by atoms with E-state index in [0.29, 0.717) is 31.6 Å². The smallest absolute Gasteiger partial charge is 0.0711 e. The van der Waals surface area contributed by atoms with Gasteiger partial charge >= 0.3 is 0 Å². The van der Waals surface area contributed by atoms with Crippen molar-refractivity contribution in [2.75, 3.05) is 31.6 Å². The molecule has 0 rings (SSSR count). The second-order valence-electron chi connectivity index (χ2n) is 6.63. The zero-order valence-corrected chi connectivity index (χ0v) is 17.4. The molecular formula is C20H40Cl2O2. The molecule has 0 bridgehead atoms. The number of unbranched alkanes of at least 4 members (excludes halogenated alkanes) is 11. The minimum absolute atomic E-state index is 0.175. The van der Waals surface area contributed by atoms with Gasteiger partial charge in [0.05, 0.1) is 25.9 Å². The highest BCUT2D eigenvalue weighted by Crippen LogP contribution is 2.14. The predicted molar refractivity (Wildman–Crippen MR) is 108 cm³/mol. The van der Waals surface area contributed by atoms with Crippen molar-refractivity contribution in [2.24, 2.45) is 0 Å². The molecule has 146 valence electrons. The Kier molecular flexibility index (Phi) is 22.0. The molecule has 0 radical (unpaired) electrons. The molecule has 1 atom stereocenters. The van der Waals surface area contributed by atoms with Crippen LogP contribution in [0.4, 0.5) is 0 Å². The fourth-order valence-electron chi connectivity index (χ4n) is 2.85. The van der Waals surface area contributed by atoms with Crippen molar-refractivity contribution in [1.29, 1.82) is 0 Å². The first-order valence-electron chi connectivity index (χ1n) is 10.2. The molecule has 0 aliphatic rings. The van der Waals surface area contributed by atoms with Gasteiger partial charge in [-0.3, -0.25) is 0 Å². The van der Waals surface area contributed by atoms with Gasteiger partial charge in [0, 0.05) is 11.8 Å². The van der Waals surface area contributed by atoms with Crippen molar-refractivity contribution in [3.05, 3.63) is 0 Å². The van der Waals surface area contributed by atoms with E-state index in [9.17, 15) is 0 Å². The lowest BCUT2D eigenvalue weighted by atomic mass is 10.0. The largest absolute Gasteiger partial charge is 0.378 e. The first-order chi connectivity index (χ1) is 11.8. The van der Waals surface area contributed by atoms with Crippen molar-refractivity contribution >= 4 is 23.2 Å². The van der Waals surface area contributed by atoms with E-state index in [0.717, 1.165) is 6.42 Å². The molecule has 0 aromatic carbocycles. The first-order valence-corrected chi connectivity index (χ1v) is 11.2. The molecule has 0 spiro atoms. The highest BCUT2D eigenvalue weighted by molar-refractivity contribution is 6.18. The van der Waals surface area contributed by atoms with Crippen molar-refractivity contribution in [1.82, 2.24) is 0 Å². The van der Waals surface area contributed by atoms with E-state index < -0.39 is 0 Å². The van der Waals surface area contributed by atoms with Crippen LogP contribution in [0.1, 0.15) is 90.4 Å². The van der Waals surface area contributed by atoms with Crippen LogP contribution in [-0.2, 0) is 9.47 Å². The molecule has 0 saturated carbocycles. The molecule has 0 N–H and O–H groups in total. The third-order valence-electron chi connectivity index (χ3n) is 4.35. The van der Waals surface area contributed by atoms with Gasteiger partial charge in [0.15, 0.2) is 0 Å². The molecule has 0 amide bonds. The van der Waals surface area contributed by atoms with Gasteiger partial charge in [0.25, 0.3) is 0 Å². The van der Waals surface area contributed by atoms with Gasteiger partial charge in [-0.2, -0.15) is 0 Å². The number of rotatable bonds is 20. The molecule has 2 nitrogen and oxygen atoms in total. The van der Waals surface area contributed by atoms with Gasteiger partial charge in [-0.25, -0.2) is 0 Å². The minimum Gasteiger partial charge on any atom is -0.378 e. The molecule has 4 heteroatoms. The second kappa shape index (κ2) is 21.5. The third-order valence-corrected chi connectivity index (χ3v) is 4.85. The average Bonchev–Trinajstić information content (AvgIpc) is 2.60. The van der Waals surface area contributed by atoms with Crippen LogP contribution in [-0.4, -0.2) is 37.7 Å². The van der Waals surface area contributed by atoms with Crippen LogP contribution in [0, 0.1) is 0 Å². The van der Waals surface area contributed by atoms with E-state index in [1.807, 2.05) is 0 Å². The predicted octanol–water partition coefficient (Wildman–Crippen LogP) is 6.96. The fraction of sp³-hybridized carbons (Fsp3) is 1.00. The Hall–Kier alpha value is 0.500. The van der Waals surface area contributed by atoms with Gasteiger partial charge in [-0.05, 0) is 6.42 Å². The van der Waals surface area contributed by atoms with E-state index in [-0.39, 0.29) is 6.10 Å². The molecular weight excluding hydrogens is 343 g/mol. The average molecular weight is 383 g/mol. The fourth-order valence-corrected chi connectivity index (χ4v) is 3.20. The SMILES string of the molecule is CCCCCCCCCCCCCC[C@@H](CCl)OCCOCCCl. The number of hydrogen-bond donors (Lipinski definition) is 0. The quantitative estimate of drug-likeness (QED) is 0.167. The van der Waals surface area contributed by atoms with Crippen molar-refractivity contribution < 1.29 is 9.47 Å². The summed E-state index contributed by atoms with van der Waals surface area (Å²) in [6.45, 7) is 4.10. The Labute approximate surface area is 161 Å². The standard InChI is InChI=1S/C20H40Cl2O2/c1-2-3-4-5-6-7-8-9-10-11-12-13-14-20(19-22)24-18-17-23-16-15-21/h20H,2-19H2,1H3/t20-/m0/s1. The molecule has 0 aromatic rings. The molecule has 0 fully saturated rings. The first kappa shape index (κ1) is 24.5. The van der Waals surface area contributed by atoms with E-state index >= 15 is 0 Å². The van der Waals surface area contributed by atoms with Gasteiger partial charge in [-0.15, -0.1) is 23.2 Å². The van der Waals surface area contributed by atoms with Gasteiger partial charge in [-0.1, -0.05) is 84.0 Å². The number of alkyl halides is 2. The zero-order chi connectivity index (χ0) is 17.7. The lowest BCUT2D eigenvalue weighted by Gasteiger charge is -2.15. The number of hydrogen-bond acceptors (Lipinski definition) is 2. The Morgan fingerprint density at radius 1 is 0.667 bits per heavy atom. The van der Waals surface area contributed by atoms with Gasteiger partial charge < -0.3 is 9.47 Å². The second-order valence-corrected chi connectivity index (χ2v) is 7.31. The van der Waals surface area contributed by atoms with E-state index in [1.54, 1.807) is 0 Å². The van der Waals surface area contributed by atoms with Crippen molar-refractivity contribution in [3.8, 4) is 0 Å². The van der Waals surface area contributed by atoms with E-state index in [2.05, 4.69) is 6.92 Å². The lowest BCUT2D eigenvalue weighted by Crippen LogP contribution is -2.18. The summed E-state index contributed by atoms with van der Waals surface area (Å²) in [6, 6.07) is 0. The monoisotopic (exact) mass is 382 g/mol. The van der Waals surface area contributed by atoms with Crippen LogP contribution in [0.3, 0.4) is 0 Å². The highest BCUT2D eigenvalue weighted by atomic mass is 35.5. The number of ether oxygens (including phenoxy) is 2. The van der Waals surface area contributed by atoms with E-state index in [4.69, 9.17) is 32.7 Å². The Balaban J connectivity index is 3.23. The maximum atomic E-state index is 5.96. The van der Waals surface area contributed by atoms with Crippen LogP contribution in [0.5, 0.6) is 0 Å².